The molecule has 0 heterocycles. The fraction of sp³-hybridized carbons (Fsp3) is 0. The number of anilines is 3. The molecule has 0 aromatic heterocycles. The van der Waals surface area contributed by atoms with Gasteiger partial charge in [0.15, 0.2) is 0 Å². The Morgan fingerprint density at radius 2 is 1.47 bits per heavy atom. The standard InChI is InChI=1S/C12H13N3/c13-9-3-1-2-8(6-9)11-5-4-10(14)7-12(11)15/h1-7H,13-15H2. The predicted molar refractivity (Wildman–Crippen MR) is 65.1 cm³/mol. The Balaban J connectivity index is 2.54. The summed E-state index contributed by atoms with van der Waals surface area (Å²) in [6.07, 6.45) is 0. The van der Waals surface area contributed by atoms with Crippen molar-refractivity contribution >= 4 is 17.1 Å². The highest BCUT2D eigenvalue weighted by molar-refractivity contribution is 5.80. The second-order valence-corrected chi connectivity index (χ2v) is 3.47. The summed E-state index contributed by atoms with van der Waals surface area (Å²) in [5, 5.41) is 0. The van der Waals surface area contributed by atoms with Gasteiger partial charge in [0.1, 0.15) is 0 Å². The molecule has 0 atom stereocenters. The van der Waals surface area contributed by atoms with Gasteiger partial charge in [-0.1, -0.05) is 18.2 Å². The van der Waals surface area contributed by atoms with Crippen molar-refractivity contribution in [3.05, 3.63) is 42.5 Å². The van der Waals surface area contributed by atoms with Crippen LogP contribution in [0, 0.1) is 0 Å². The molecule has 0 aliphatic heterocycles. The van der Waals surface area contributed by atoms with E-state index in [1.165, 1.54) is 0 Å². The summed E-state index contributed by atoms with van der Waals surface area (Å²) in [4.78, 5) is 0. The van der Waals surface area contributed by atoms with Crippen LogP contribution in [0.2, 0.25) is 0 Å². The number of nitrogen functional groups attached to an aromatic ring is 3. The number of rotatable bonds is 1. The lowest BCUT2D eigenvalue weighted by molar-refractivity contribution is 1.60. The highest BCUT2D eigenvalue weighted by Gasteiger charge is 2.02. The zero-order valence-corrected chi connectivity index (χ0v) is 8.27. The molecular weight excluding hydrogens is 186 g/mol. The van der Waals surface area contributed by atoms with Crippen molar-refractivity contribution in [2.75, 3.05) is 17.2 Å². The quantitative estimate of drug-likeness (QED) is 0.615. The number of hydrogen-bond donors (Lipinski definition) is 3. The molecule has 0 unspecified atom stereocenters. The third kappa shape index (κ3) is 1.86. The molecule has 2 rings (SSSR count). The van der Waals surface area contributed by atoms with Crippen molar-refractivity contribution in [3.63, 3.8) is 0 Å². The molecule has 0 saturated heterocycles. The van der Waals surface area contributed by atoms with E-state index in [0.717, 1.165) is 16.8 Å². The van der Waals surface area contributed by atoms with Crippen molar-refractivity contribution in [2.24, 2.45) is 0 Å². The molecule has 3 heteroatoms. The third-order valence-electron chi connectivity index (χ3n) is 2.27. The summed E-state index contributed by atoms with van der Waals surface area (Å²) in [6, 6.07) is 13.1. The van der Waals surface area contributed by atoms with Crippen LogP contribution >= 0.6 is 0 Å². The van der Waals surface area contributed by atoms with E-state index in [0.29, 0.717) is 11.4 Å². The molecule has 2 aromatic rings. The summed E-state index contributed by atoms with van der Waals surface area (Å²) in [5.74, 6) is 0. The van der Waals surface area contributed by atoms with Gasteiger partial charge in [-0.05, 0) is 29.8 Å². The van der Waals surface area contributed by atoms with Gasteiger partial charge in [-0.2, -0.15) is 0 Å². The van der Waals surface area contributed by atoms with E-state index in [-0.39, 0.29) is 0 Å². The minimum absolute atomic E-state index is 0.667. The van der Waals surface area contributed by atoms with Crippen molar-refractivity contribution in [1.82, 2.24) is 0 Å². The first kappa shape index (κ1) is 9.40. The Kier molecular flexibility index (Phi) is 2.21. The minimum Gasteiger partial charge on any atom is -0.399 e. The van der Waals surface area contributed by atoms with Crippen LogP contribution < -0.4 is 17.2 Å². The molecule has 2 aromatic carbocycles. The Morgan fingerprint density at radius 3 is 2.13 bits per heavy atom. The van der Waals surface area contributed by atoms with Crippen LogP contribution in [-0.2, 0) is 0 Å². The maximum absolute atomic E-state index is 5.88. The highest BCUT2D eigenvalue weighted by atomic mass is 14.6. The molecule has 0 fully saturated rings. The normalized spacial score (nSPS) is 10.1. The molecule has 0 spiro atoms. The van der Waals surface area contributed by atoms with E-state index in [1.807, 2.05) is 36.4 Å². The lowest BCUT2D eigenvalue weighted by Crippen LogP contribution is -1.93. The summed E-state index contributed by atoms with van der Waals surface area (Å²) in [7, 11) is 0. The number of hydrogen-bond acceptors (Lipinski definition) is 3. The first-order chi connectivity index (χ1) is 7.16. The largest absolute Gasteiger partial charge is 0.399 e. The van der Waals surface area contributed by atoms with Gasteiger partial charge in [-0.15, -0.1) is 0 Å². The lowest BCUT2D eigenvalue weighted by Gasteiger charge is -2.07. The molecule has 0 radical (unpaired) electrons. The van der Waals surface area contributed by atoms with Gasteiger partial charge in [0.2, 0.25) is 0 Å². The van der Waals surface area contributed by atoms with Gasteiger partial charge in [0.25, 0.3) is 0 Å². The van der Waals surface area contributed by atoms with E-state index in [2.05, 4.69) is 0 Å². The van der Waals surface area contributed by atoms with Gasteiger partial charge < -0.3 is 17.2 Å². The number of nitrogens with two attached hydrogens (primary N) is 3. The topological polar surface area (TPSA) is 78.1 Å². The van der Waals surface area contributed by atoms with Gasteiger partial charge in [-0.3, -0.25) is 0 Å². The SMILES string of the molecule is Nc1cccc(-c2ccc(N)cc2N)c1. The Labute approximate surface area is 88.5 Å². The summed E-state index contributed by atoms with van der Waals surface area (Å²) < 4.78 is 0. The predicted octanol–water partition coefficient (Wildman–Crippen LogP) is 2.10. The second kappa shape index (κ2) is 3.53. The van der Waals surface area contributed by atoms with E-state index < -0.39 is 0 Å². The van der Waals surface area contributed by atoms with Gasteiger partial charge in [0, 0.05) is 22.6 Å². The van der Waals surface area contributed by atoms with Crippen molar-refractivity contribution in [1.29, 1.82) is 0 Å². The molecule has 0 aliphatic carbocycles. The molecule has 3 nitrogen and oxygen atoms in total. The average molecular weight is 199 g/mol. The van der Waals surface area contributed by atoms with E-state index in [4.69, 9.17) is 17.2 Å². The van der Waals surface area contributed by atoms with Crippen LogP contribution in [0.15, 0.2) is 42.5 Å². The summed E-state index contributed by atoms with van der Waals surface area (Å²) >= 11 is 0. The second-order valence-electron chi connectivity index (χ2n) is 3.47. The molecule has 0 saturated carbocycles. The molecule has 6 N–H and O–H groups in total. The average Bonchev–Trinajstić information content (AvgIpc) is 2.17. The third-order valence-corrected chi connectivity index (χ3v) is 2.27. The van der Waals surface area contributed by atoms with E-state index in [9.17, 15) is 0 Å². The zero-order chi connectivity index (χ0) is 10.8. The monoisotopic (exact) mass is 199 g/mol. The maximum atomic E-state index is 5.88. The first-order valence-corrected chi connectivity index (χ1v) is 4.68. The fourth-order valence-corrected chi connectivity index (χ4v) is 1.55. The molecular formula is C12H13N3. The van der Waals surface area contributed by atoms with Crippen LogP contribution in [0.5, 0.6) is 0 Å². The van der Waals surface area contributed by atoms with Crippen molar-refractivity contribution in [2.45, 2.75) is 0 Å². The van der Waals surface area contributed by atoms with Crippen LogP contribution in [0.1, 0.15) is 0 Å². The summed E-state index contributed by atoms with van der Waals surface area (Å²) in [5.41, 5.74) is 21.2. The van der Waals surface area contributed by atoms with E-state index >= 15 is 0 Å². The van der Waals surface area contributed by atoms with Gasteiger partial charge in [0.05, 0.1) is 0 Å². The zero-order valence-electron chi connectivity index (χ0n) is 8.27. The minimum atomic E-state index is 0.667. The molecule has 15 heavy (non-hydrogen) atoms. The lowest BCUT2D eigenvalue weighted by atomic mass is 10.0. The number of benzene rings is 2. The first-order valence-electron chi connectivity index (χ1n) is 4.68. The maximum Gasteiger partial charge on any atom is 0.0414 e. The smallest absolute Gasteiger partial charge is 0.0414 e. The fourth-order valence-electron chi connectivity index (χ4n) is 1.55. The van der Waals surface area contributed by atoms with E-state index in [1.54, 1.807) is 6.07 Å². The van der Waals surface area contributed by atoms with Crippen LogP contribution in [0.25, 0.3) is 11.1 Å². The van der Waals surface area contributed by atoms with Crippen LogP contribution in [-0.4, -0.2) is 0 Å². The van der Waals surface area contributed by atoms with Crippen LogP contribution in [0.4, 0.5) is 17.1 Å². The van der Waals surface area contributed by atoms with Crippen molar-refractivity contribution < 1.29 is 0 Å². The van der Waals surface area contributed by atoms with Gasteiger partial charge in [-0.25, -0.2) is 0 Å². The Bertz CT molecular complexity index is 492. The molecule has 0 aliphatic rings. The van der Waals surface area contributed by atoms with Crippen LogP contribution in [0.3, 0.4) is 0 Å². The molecule has 76 valence electrons. The summed E-state index contributed by atoms with van der Waals surface area (Å²) in [6.45, 7) is 0. The highest BCUT2D eigenvalue weighted by Crippen LogP contribution is 2.28. The Hall–Kier alpha value is -2.16. The van der Waals surface area contributed by atoms with Gasteiger partial charge >= 0.3 is 0 Å². The Morgan fingerprint density at radius 1 is 0.733 bits per heavy atom. The molecule has 0 amide bonds. The molecule has 0 bridgehead atoms. The van der Waals surface area contributed by atoms with Crippen molar-refractivity contribution in [3.8, 4) is 11.1 Å².